The van der Waals surface area contributed by atoms with Gasteiger partial charge in [-0.05, 0) is 30.7 Å². The number of hydrogen-bond donors (Lipinski definition) is 8. The molecule has 1 aromatic rings. The Labute approximate surface area is 273 Å². The SMILES string of the molecule is CCCCCCCCCCCCCC[C@@H](O)[C@@H](O)[C@@H](CO[C@H]1O[C@H](CO)[C@H](O)[C@H](O)[C@H]1O)NS(=O)(=O)c1ccc(NC(C)=O)cc1. The van der Waals surface area contributed by atoms with E-state index < -0.39 is 72.2 Å². The number of unbranched alkanes of at least 4 members (excludes halogenated alkanes) is 11. The monoisotopic (exact) mass is 676 g/mol. The molecule has 0 aliphatic carbocycles. The topological polar surface area (TPSA) is 215 Å². The molecule has 266 valence electrons. The highest BCUT2D eigenvalue weighted by molar-refractivity contribution is 7.89. The Balaban J connectivity index is 1.98. The van der Waals surface area contributed by atoms with Crippen molar-refractivity contribution in [1.29, 1.82) is 0 Å². The summed E-state index contributed by atoms with van der Waals surface area (Å²) in [6.45, 7) is 2.25. The molecule has 1 aromatic carbocycles. The van der Waals surface area contributed by atoms with Gasteiger partial charge in [0.2, 0.25) is 15.9 Å². The Bertz CT molecular complexity index is 1090. The van der Waals surface area contributed by atoms with Crippen LogP contribution in [0.2, 0.25) is 0 Å². The van der Waals surface area contributed by atoms with Gasteiger partial charge in [0.1, 0.15) is 24.4 Å². The Kier molecular flexibility index (Phi) is 18.7. The van der Waals surface area contributed by atoms with Crippen molar-refractivity contribution >= 4 is 21.6 Å². The standard InChI is InChI=1S/C32H56N2O11S/c1-3-4-5-6-7-8-9-10-11-12-13-14-15-26(37)28(38)25(21-44-32-31(41)30(40)29(39)27(20-35)45-32)34-46(42,43)24-18-16-23(17-19-24)33-22(2)36/h16-19,25-32,34-35,37-41H,3-15,20-21H2,1-2H3,(H,33,36)/t25-,26-,27-,28+,29+,30+,31-,32+/m1/s1. The first-order valence-corrected chi connectivity index (χ1v) is 18.1. The highest BCUT2D eigenvalue weighted by atomic mass is 32.2. The van der Waals surface area contributed by atoms with Gasteiger partial charge in [-0.2, -0.15) is 0 Å². The number of rotatable bonds is 23. The van der Waals surface area contributed by atoms with E-state index in [-0.39, 0.29) is 17.2 Å². The minimum atomic E-state index is -4.28. The molecule has 8 N–H and O–H groups in total. The number of hydrogen-bond acceptors (Lipinski definition) is 11. The van der Waals surface area contributed by atoms with Crippen LogP contribution in [0.1, 0.15) is 97.3 Å². The van der Waals surface area contributed by atoms with E-state index in [0.717, 1.165) is 25.7 Å². The fourth-order valence-corrected chi connectivity index (χ4v) is 6.66. The highest BCUT2D eigenvalue weighted by Crippen LogP contribution is 2.23. The third-order valence-electron chi connectivity index (χ3n) is 8.24. The summed E-state index contributed by atoms with van der Waals surface area (Å²) in [7, 11) is -4.28. The van der Waals surface area contributed by atoms with Crippen molar-refractivity contribution < 1.29 is 53.3 Å². The maximum Gasteiger partial charge on any atom is 0.240 e. The number of carbonyl (C=O) groups is 1. The second-order valence-corrected chi connectivity index (χ2v) is 13.9. The van der Waals surface area contributed by atoms with E-state index in [4.69, 9.17) is 9.47 Å². The fraction of sp³-hybridized carbons (Fsp3) is 0.781. The molecule has 1 saturated heterocycles. The zero-order valence-electron chi connectivity index (χ0n) is 27.2. The average molecular weight is 677 g/mol. The lowest BCUT2D eigenvalue weighted by molar-refractivity contribution is -0.303. The van der Waals surface area contributed by atoms with Gasteiger partial charge in [-0.1, -0.05) is 84.0 Å². The molecule has 0 unspecified atom stereocenters. The Morgan fingerprint density at radius 3 is 1.93 bits per heavy atom. The van der Waals surface area contributed by atoms with Crippen LogP contribution in [0.4, 0.5) is 5.69 Å². The quantitative estimate of drug-likeness (QED) is 0.0784. The minimum Gasteiger partial charge on any atom is -0.394 e. The van der Waals surface area contributed by atoms with Crippen LogP contribution in [0, 0.1) is 0 Å². The number of anilines is 1. The second-order valence-electron chi connectivity index (χ2n) is 12.2. The molecule has 13 nitrogen and oxygen atoms in total. The van der Waals surface area contributed by atoms with Crippen LogP contribution in [-0.2, 0) is 24.3 Å². The Hall–Kier alpha value is -1.72. The van der Waals surface area contributed by atoms with Crippen LogP contribution in [0.3, 0.4) is 0 Å². The molecular weight excluding hydrogens is 620 g/mol. The molecule has 0 saturated carbocycles. The number of ether oxygens (including phenoxy) is 2. The first-order chi connectivity index (χ1) is 21.9. The van der Waals surface area contributed by atoms with Gasteiger partial charge in [-0.3, -0.25) is 4.79 Å². The van der Waals surface area contributed by atoms with Crippen molar-refractivity contribution in [3.05, 3.63) is 24.3 Å². The van der Waals surface area contributed by atoms with Crippen LogP contribution in [0.25, 0.3) is 0 Å². The van der Waals surface area contributed by atoms with Crippen molar-refractivity contribution in [2.75, 3.05) is 18.5 Å². The summed E-state index contributed by atoms with van der Waals surface area (Å²) in [6.07, 6.45) is 2.97. The first-order valence-electron chi connectivity index (χ1n) is 16.6. The number of benzene rings is 1. The van der Waals surface area contributed by atoms with Gasteiger partial charge in [0, 0.05) is 12.6 Å². The molecule has 2 rings (SSSR count). The molecule has 8 atom stereocenters. The molecule has 1 amide bonds. The Morgan fingerprint density at radius 2 is 1.41 bits per heavy atom. The van der Waals surface area contributed by atoms with E-state index >= 15 is 0 Å². The van der Waals surface area contributed by atoms with Crippen LogP contribution in [0.5, 0.6) is 0 Å². The lowest BCUT2D eigenvalue weighted by atomic mass is 9.99. The molecule has 14 heteroatoms. The van der Waals surface area contributed by atoms with Gasteiger partial charge in [0.25, 0.3) is 0 Å². The van der Waals surface area contributed by atoms with Crippen molar-refractivity contribution in [1.82, 2.24) is 4.72 Å². The molecule has 0 spiro atoms. The van der Waals surface area contributed by atoms with E-state index in [1.54, 1.807) is 0 Å². The van der Waals surface area contributed by atoms with Crippen molar-refractivity contribution in [2.24, 2.45) is 0 Å². The predicted octanol–water partition coefficient (Wildman–Crippen LogP) is 1.92. The summed E-state index contributed by atoms with van der Waals surface area (Å²) in [5.41, 5.74) is 0.381. The predicted molar refractivity (Wildman–Crippen MR) is 172 cm³/mol. The maximum absolute atomic E-state index is 13.3. The van der Waals surface area contributed by atoms with Crippen LogP contribution in [0.15, 0.2) is 29.2 Å². The van der Waals surface area contributed by atoms with Gasteiger partial charge >= 0.3 is 0 Å². The summed E-state index contributed by atoms with van der Waals surface area (Å²) in [5.74, 6) is -0.329. The van der Waals surface area contributed by atoms with Gasteiger partial charge in [0.05, 0.1) is 36.4 Å². The first kappa shape index (κ1) is 40.5. The summed E-state index contributed by atoms with van der Waals surface area (Å²) in [4.78, 5) is 11.1. The minimum absolute atomic E-state index is 0.179. The van der Waals surface area contributed by atoms with Gasteiger partial charge in [0.15, 0.2) is 6.29 Å². The molecule has 1 aliphatic rings. The lowest BCUT2D eigenvalue weighted by Gasteiger charge is -2.40. The average Bonchev–Trinajstić information content (AvgIpc) is 3.02. The summed E-state index contributed by atoms with van der Waals surface area (Å²) in [6, 6.07) is 3.90. The third-order valence-corrected chi connectivity index (χ3v) is 9.75. The van der Waals surface area contributed by atoms with E-state index in [0.29, 0.717) is 12.1 Å². The summed E-state index contributed by atoms with van der Waals surface area (Å²) >= 11 is 0. The van der Waals surface area contributed by atoms with Crippen molar-refractivity contribution in [2.45, 2.75) is 151 Å². The van der Waals surface area contributed by atoms with Gasteiger partial charge < -0.3 is 45.4 Å². The molecule has 1 aliphatic heterocycles. The molecule has 1 heterocycles. The molecular formula is C32H56N2O11S. The second kappa shape index (κ2) is 21.3. The van der Waals surface area contributed by atoms with Crippen molar-refractivity contribution in [3.8, 4) is 0 Å². The third kappa shape index (κ3) is 13.8. The van der Waals surface area contributed by atoms with E-state index in [1.807, 2.05) is 0 Å². The van der Waals surface area contributed by atoms with Crippen molar-refractivity contribution in [3.63, 3.8) is 0 Å². The number of sulfonamides is 1. The lowest BCUT2D eigenvalue weighted by Crippen LogP contribution is -2.60. The van der Waals surface area contributed by atoms with E-state index in [2.05, 4.69) is 17.0 Å². The number of aliphatic hydroxyl groups is 6. The van der Waals surface area contributed by atoms with E-state index in [1.165, 1.54) is 76.1 Å². The van der Waals surface area contributed by atoms with Crippen LogP contribution >= 0.6 is 0 Å². The zero-order valence-corrected chi connectivity index (χ0v) is 28.0. The molecule has 0 radical (unpaired) electrons. The summed E-state index contributed by atoms with van der Waals surface area (Å²) < 4.78 is 39.7. The zero-order chi connectivity index (χ0) is 34.1. The normalized spacial score (nSPS) is 24.0. The fourth-order valence-electron chi connectivity index (χ4n) is 5.43. The number of carbonyl (C=O) groups excluding carboxylic acids is 1. The molecule has 0 bridgehead atoms. The Morgan fingerprint density at radius 1 is 0.870 bits per heavy atom. The van der Waals surface area contributed by atoms with Crippen LogP contribution < -0.4 is 10.0 Å². The smallest absolute Gasteiger partial charge is 0.240 e. The number of aliphatic hydroxyl groups excluding tert-OH is 6. The number of amides is 1. The largest absolute Gasteiger partial charge is 0.394 e. The molecule has 46 heavy (non-hydrogen) atoms. The molecule has 0 aromatic heterocycles. The maximum atomic E-state index is 13.3. The van der Waals surface area contributed by atoms with E-state index in [9.17, 15) is 43.9 Å². The summed E-state index contributed by atoms with van der Waals surface area (Å²) in [5, 5.41) is 64.3. The number of nitrogens with one attached hydrogen (secondary N) is 2. The van der Waals surface area contributed by atoms with Gasteiger partial charge in [-0.25, -0.2) is 13.1 Å². The highest BCUT2D eigenvalue weighted by Gasteiger charge is 2.44. The van der Waals surface area contributed by atoms with Gasteiger partial charge in [-0.15, -0.1) is 0 Å². The van der Waals surface area contributed by atoms with Crippen LogP contribution in [-0.4, -0.2) is 107 Å². The molecule has 1 fully saturated rings.